The number of aromatic amines is 2. The molecule has 0 saturated heterocycles. The standard InChI is InChI=1S/C21H16Cl2N6O4/c1-10(11-5-3-2-4-6-11)13-9-16(26-27-19(13)30)33-17-14(22)7-12(8-15(17)23)29-21(32)25-20(31)18(24)28-29/h2-10H,1H3,(H2,24,28)(H,27,30)(H,25,31,32). The van der Waals surface area contributed by atoms with Crippen molar-refractivity contribution in [1.82, 2.24) is 25.0 Å². The predicted molar refractivity (Wildman–Crippen MR) is 124 cm³/mol. The number of rotatable bonds is 5. The number of H-pyrrole nitrogens is 2. The highest BCUT2D eigenvalue weighted by Crippen LogP contribution is 2.37. The van der Waals surface area contributed by atoms with Crippen molar-refractivity contribution in [3.05, 3.63) is 101 Å². The first kappa shape index (κ1) is 22.3. The highest BCUT2D eigenvalue weighted by Gasteiger charge is 2.18. The van der Waals surface area contributed by atoms with Crippen molar-refractivity contribution < 1.29 is 4.74 Å². The summed E-state index contributed by atoms with van der Waals surface area (Å²) < 4.78 is 6.59. The fourth-order valence-electron chi connectivity index (χ4n) is 3.15. The third kappa shape index (κ3) is 4.52. The van der Waals surface area contributed by atoms with Crippen molar-refractivity contribution in [2.45, 2.75) is 12.8 Å². The Hall–Kier alpha value is -3.89. The van der Waals surface area contributed by atoms with Crippen LogP contribution in [0.25, 0.3) is 5.69 Å². The van der Waals surface area contributed by atoms with Crippen LogP contribution in [0, 0.1) is 0 Å². The Morgan fingerprint density at radius 1 is 1.03 bits per heavy atom. The van der Waals surface area contributed by atoms with Crippen molar-refractivity contribution in [2.75, 3.05) is 5.73 Å². The Balaban J connectivity index is 1.69. The lowest BCUT2D eigenvalue weighted by Crippen LogP contribution is -2.33. The summed E-state index contributed by atoms with van der Waals surface area (Å²) >= 11 is 12.7. The molecule has 0 aliphatic rings. The van der Waals surface area contributed by atoms with Gasteiger partial charge in [0.1, 0.15) is 0 Å². The number of ether oxygens (including phenoxy) is 1. The van der Waals surface area contributed by atoms with E-state index in [2.05, 4.69) is 15.3 Å². The zero-order valence-electron chi connectivity index (χ0n) is 17.0. The zero-order valence-corrected chi connectivity index (χ0v) is 18.5. The molecule has 10 nitrogen and oxygen atoms in total. The molecule has 0 saturated carbocycles. The molecule has 0 aliphatic carbocycles. The van der Waals surface area contributed by atoms with E-state index in [1.807, 2.05) is 42.2 Å². The number of benzene rings is 2. The van der Waals surface area contributed by atoms with Gasteiger partial charge in [0.15, 0.2) is 5.75 Å². The smallest absolute Gasteiger partial charge is 0.349 e. The summed E-state index contributed by atoms with van der Waals surface area (Å²) in [6.07, 6.45) is 0. The van der Waals surface area contributed by atoms with Gasteiger partial charge in [-0.05, 0) is 17.7 Å². The Morgan fingerprint density at radius 2 is 1.70 bits per heavy atom. The van der Waals surface area contributed by atoms with Crippen LogP contribution in [-0.4, -0.2) is 25.0 Å². The molecule has 2 aromatic heterocycles. The fourth-order valence-corrected chi connectivity index (χ4v) is 3.71. The molecule has 4 aromatic rings. The number of hydrogen-bond donors (Lipinski definition) is 3. The lowest BCUT2D eigenvalue weighted by Gasteiger charge is -2.14. The van der Waals surface area contributed by atoms with Crippen LogP contribution in [-0.2, 0) is 0 Å². The van der Waals surface area contributed by atoms with Crippen LogP contribution in [0.15, 0.2) is 62.9 Å². The molecule has 1 unspecified atom stereocenters. The number of halogens is 2. The minimum absolute atomic E-state index is 0.0293. The first-order valence-electron chi connectivity index (χ1n) is 9.55. The molecule has 0 fully saturated rings. The number of nitrogen functional groups attached to an aromatic ring is 1. The van der Waals surface area contributed by atoms with Crippen LogP contribution >= 0.6 is 23.2 Å². The minimum Gasteiger partial charge on any atom is -0.434 e. The van der Waals surface area contributed by atoms with Gasteiger partial charge in [0, 0.05) is 17.5 Å². The molecule has 4 N–H and O–H groups in total. The van der Waals surface area contributed by atoms with E-state index in [0.717, 1.165) is 10.2 Å². The number of nitrogens with zero attached hydrogens (tertiary/aromatic N) is 3. The number of anilines is 1. The van der Waals surface area contributed by atoms with Crippen LogP contribution in [0.1, 0.15) is 24.0 Å². The van der Waals surface area contributed by atoms with Gasteiger partial charge >= 0.3 is 5.69 Å². The van der Waals surface area contributed by atoms with E-state index in [9.17, 15) is 14.4 Å². The molecule has 0 bridgehead atoms. The summed E-state index contributed by atoms with van der Waals surface area (Å²) in [6, 6.07) is 13.7. The summed E-state index contributed by atoms with van der Waals surface area (Å²) in [5.41, 5.74) is 5.03. The van der Waals surface area contributed by atoms with Crippen LogP contribution in [0.2, 0.25) is 10.0 Å². The van der Waals surface area contributed by atoms with Gasteiger partial charge in [-0.15, -0.1) is 10.2 Å². The number of nitrogens with two attached hydrogens (primary N) is 1. The molecule has 1 atom stereocenters. The van der Waals surface area contributed by atoms with Gasteiger partial charge in [0.25, 0.3) is 11.1 Å². The first-order valence-corrected chi connectivity index (χ1v) is 10.3. The molecule has 0 amide bonds. The van der Waals surface area contributed by atoms with Crippen LogP contribution in [0.3, 0.4) is 0 Å². The maximum Gasteiger partial charge on any atom is 0.349 e. The molecular weight excluding hydrogens is 471 g/mol. The topological polar surface area (TPSA) is 149 Å². The quantitative estimate of drug-likeness (QED) is 0.392. The van der Waals surface area contributed by atoms with Crippen LogP contribution in [0.5, 0.6) is 11.6 Å². The predicted octanol–water partition coefficient (Wildman–Crippen LogP) is 2.84. The van der Waals surface area contributed by atoms with E-state index >= 15 is 0 Å². The second-order valence-electron chi connectivity index (χ2n) is 7.02. The van der Waals surface area contributed by atoms with Gasteiger partial charge < -0.3 is 10.5 Å². The maximum absolute atomic E-state index is 12.4. The highest BCUT2D eigenvalue weighted by atomic mass is 35.5. The van der Waals surface area contributed by atoms with Gasteiger partial charge in [-0.2, -0.15) is 4.68 Å². The summed E-state index contributed by atoms with van der Waals surface area (Å²) in [5, 5.41) is 10.1. The minimum atomic E-state index is -0.822. The van der Waals surface area contributed by atoms with E-state index in [4.69, 9.17) is 33.7 Å². The number of nitrogens with one attached hydrogen (secondary N) is 2. The van der Waals surface area contributed by atoms with Gasteiger partial charge in [0.05, 0.1) is 15.7 Å². The largest absolute Gasteiger partial charge is 0.434 e. The second kappa shape index (κ2) is 8.93. The zero-order chi connectivity index (χ0) is 23.7. The van der Waals surface area contributed by atoms with Crippen LogP contribution < -0.4 is 27.3 Å². The van der Waals surface area contributed by atoms with E-state index < -0.39 is 17.1 Å². The average Bonchev–Trinajstić information content (AvgIpc) is 2.79. The molecule has 2 heterocycles. The van der Waals surface area contributed by atoms with E-state index in [-0.39, 0.29) is 38.8 Å². The average molecular weight is 487 g/mol. The summed E-state index contributed by atoms with van der Waals surface area (Å²) in [5.74, 6) is -0.519. The van der Waals surface area contributed by atoms with Crippen LogP contribution in [0.4, 0.5) is 5.82 Å². The van der Waals surface area contributed by atoms with Crippen molar-refractivity contribution in [1.29, 1.82) is 0 Å². The SMILES string of the molecule is CC(c1ccccc1)c1cc(Oc2c(Cl)cc(-n3nc(N)c(=O)[nH]c3=O)cc2Cl)n[nH]c1=O. The third-order valence-electron chi connectivity index (χ3n) is 4.86. The normalized spacial score (nSPS) is 11.8. The number of hydrogen-bond acceptors (Lipinski definition) is 7. The lowest BCUT2D eigenvalue weighted by molar-refractivity contribution is 0.453. The van der Waals surface area contributed by atoms with Crippen molar-refractivity contribution in [3.8, 4) is 17.3 Å². The summed E-state index contributed by atoms with van der Waals surface area (Å²) in [7, 11) is 0. The fraction of sp³-hybridized carbons (Fsp3) is 0.0952. The Morgan fingerprint density at radius 3 is 2.36 bits per heavy atom. The third-order valence-corrected chi connectivity index (χ3v) is 5.42. The maximum atomic E-state index is 12.4. The highest BCUT2D eigenvalue weighted by molar-refractivity contribution is 6.37. The van der Waals surface area contributed by atoms with Crippen molar-refractivity contribution in [3.63, 3.8) is 0 Å². The molecule has 4 rings (SSSR count). The molecule has 12 heteroatoms. The summed E-state index contributed by atoms with van der Waals surface area (Å²) in [4.78, 5) is 37.9. The molecule has 33 heavy (non-hydrogen) atoms. The van der Waals surface area contributed by atoms with Gasteiger partial charge in [-0.25, -0.2) is 9.89 Å². The van der Waals surface area contributed by atoms with E-state index in [1.54, 1.807) is 0 Å². The molecule has 168 valence electrons. The molecular formula is C21H16Cl2N6O4. The van der Waals surface area contributed by atoms with Gasteiger partial charge in [-0.3, -0.25) is 14.6 Å². The van der Waals surface area contributed by atoms with Crippen molar-refractivity contribution >= 4 is 29.0 Å². The first-order chi connectivity index (χ1) is 15.7. The molecule has 0 spiro atoms. The van der Waals surface area contributed by atoms with Crippen molar-refractivity contribution in [2.24, 2.45) is 0 Å². The Bertz CT molecular complexity index is 1490. The molecule has 0 aliphatic heterocycles. The lowest BCUT2D eigenvalue weighted by atomic mass is 9.95. The van der Waals surface area contributed by atoms with Gasteiger partial charge in [0.2, 0.25) is 11.7 Å². The molecule has 2 aromatic carbocycles. The summed E-state index contributed by atoms with van der Waals surface area (Å²) in [6.45, 7) is 1.89. The Labute approximate surface area is 195 Å². The van der Waals surface area contributed by atoms with Gasteiger partial charge in [-0.1, -0.05) is 60.5 Å². The molecule has 0 radical (unpaired) electrons. The van der Waals surface area contributed by atoms with E-state index in [0.29, 0.717) is 5.56 Å². The second-order valence-corrected chi connectivity index (χ2v) is 7.83. The number of aromatic nitrogens is 5. The monoisotopic (exact) mass is 486 g/mol. The Kier molecular flexibility index (Phi) is 6.03. The van der Waals surface area contributed by atoms with E-state index in [1.165, 1.54) is 18.2 Å².